The summed E-state index contributed by atoms with van der Waals surface area (Å²) < 4.78 is 18.1. The molecular weight excluding hydrogens is 452 g/mol. The van der Waals surface area contributed by atoms with Gasteiger partial charge in [0, 0.05) is 44.8 Å². The zero-order chi connectivity index (χ0) is 24.5. The van der Waals surface area contributed by atoms with E-state index in [0.29, 0.717) is 38.4 Å². The van der Waals surface area contributed by atoms with Gasteiger partial charge in [-0.2, -0.15) is 0 Å². The van der Waals surface area contributed by atoms with Gasteiger partial charge in [0.1, 0.15) is 12.4 Å². The summed E-state index contributed by atoms with van der Waals surface area (Å²) in [5.74, 6) is -1.64. The molecule has 3 aromatic rings. The third kappa shape index (κ3) is 4.37. The lowest BCUT2D eigenvalue weighted by molar-refractivity contribution is -0.135. The number of para-hydroxylation sites is 1. The molecule has 2 aliphatic rings. The second-order valence-electron chi connectivity index (χ2n) is 8.99. The Balaban J connectivity index is 1.69. The summed E-state index contributed by atoms with van der Waals surface area (Å²) in [5.41, 5.74) is 1.42. The van der Waals surface area contributed by atoms with Crippen LogP contribution in [-0.2, 0) is 33.8 Å². The molecule has 9 heteroatoms. The van der Waals surface area contributed by atoms with Crippen LogP contribution in [0.1, 0.15) is 41.4 Å². The number of ether oxygens (including phenoxy) is 2. The van der Waals surface area contributed by atoms with Gasteiger partial charge >= 0.3 is 0 Å². The fourth-order valence-corrected chi connectivity index (χ4v) is 5.10. The first kappa shape index (κ1) is 23.3. The van der Waals surface area contributed by atoms with Crippen molar-refractivity contribution >= 4 is 16.8 Å². The molecule has 0 saturated carbocycles. The Kier molecular flexibility index (Phi) is 6.44. The topological polar surface area (TPSA) is 111 Å². The van der Waals surface area contributed by atoms with Crippen LogP contribution in [0.25, 0.3) is 10.9 Å². The van der Waals surface area contributed by atoms with Crippen LogP contribution in [0.4, 0.5) is 0 Å². The van der Waals surface area contributed by atoms with Gasteiger partial charge in [-0.3, -0.25) is 14.4 Å². The van der Waals surface area contributed by atoms with Crippen molar-refractivity contribution in [3.05, 3.63) is 73.6 Å². The number of carbonyl (C=O) groups excluding carboxylic acids is 1. The zero-order valence-corrected chi connectivity index (χ0v) is 19.6. The van der Waals surface area contributed by atoms with Crippen LogP contribution in [0.2, 0.25) is 0 Å². The summed E-state index contributed by atoms with van der Waals surface area (Å²) in [7, 11) is 1.46. The van der Waals surface area contributed by atoms with Crippen LogP contribution in [0.3, 0.4) is 0 Å². The molecule has 1 aromatic carbocycles. The lowest BCUT2D eigenvalue weighted by atomic mass is 9.90. The molecule has 0 bridgehead atoms. The van der Waals surface area contributed by atoms with E-state index >= 15 is 0 Å². The molecule has 5 rings (SSSR count). The number of aromatic hydroxyl groups is 1. The molecule has 0 radical (unpaired) electrons. The van der Waals surface area contributed by atoms with Gasteiger partial charge in [0.05, 0.1) is 24.6 Å². The largest absolute Gasteiger partial charge is 0.502 e. The summed E-state index contributed by atoms with van der Waals surface area (Å²) in [6, 6.07) is 8.83. The summed E-state index contributed by atoms with van der Waals surface area (Å²) >= 11 is 0. The van der Waals surface area contributed by atoms with Gasteiger partial charge in [-0.05, 0) is 29.9 Å². The Bertz CT molecular complexity index is 1380. The number of hydrogen-bond donors (Lipinski definition) is 1. The number of morpholine rings is 1. The minimum absolute atomic E-state index is 0.0119. The zero-order valence-electron chi connectivity index (χ0n) is 19.6. The standard InChI is InChI=1S/C26H28N2O7/c1-33-15-18-13-21(29)24(31)25(35-18)19(14-22(30)27-8-10-34-11-9-27)20-12-17-5-2-4-16-6-3-7-28(23(16)17)26(20)32/h2,4-5,12-13,19,31H,3,6-11,14-15H2,1H3/t19-/m1/s1. The van der Waals surface area contributed by atoms with Crippen LogP contribution in [-0.4, -0.2) is 53.9 Å². The predicted molar refractivity (Wildman–Crippen MR) is 128 cm³/mol. The molecule has 1 fully saturated rings. The maximum atomic E-state index is 13.8. The fourth-order valence-electron chi connectivity index (χ4n) is 5.10. The molecule has 0 aliphatic carbocycles. The highest BCUT2D eigenvalue weighted by molar-refractivity contribution is 5.84. The Morgan fingerprint density at radius 1 is 1.17 bits per heavy atom. The molecule has 1 N–H and O–H groups in total. The molecule has 0 unspecified atom stereocenters. The van der Waals surface area contributed by atoms with Gasteiger partial charge in [-0.25, -0.2) is 0 Å². The van der Waals surface area contributed by atoms with E-state index in [-0.39, 0.29) is 36.0 Å². The summed E-state index contributed by atoms with van der Waals surface area (Å²) in [5, 5.41) is 11.6. The Labute approximate surface area is 201 Å². The number of methoxy groups -OCH3 is 1. The number of aromatic nitrogens is 1. The molecule has 1 amide bonds. The first-order valence-electron chi connectivity index (χ1n) is 11.8. The first-order valence-corrected chi connectivity index (χ1v) is 11.8. The molecule has 0 spiro atoms. The fraction of sp³-hybridized carbons (Fsp3) is 0.423. The highest BCUT2D eigenvalue weighted by Gasteiger charge is 2.32. The number of nitrogens with zero attached hydrogens (tertiary/aromatic N) is 2. The van der Waals surface area contributed by atoms with Crippen molar-refractivity contribution in [2.45, 2.75) is 38.3 Å². The second-order valence-corrected chi connectivity index (χ2v) is 8.99. The number of pyridine rings is 1. The van der Waals surface area contributed by atoms with Gasteiger partial charge in [-0.1, -0.05) is 18.2 Å². The molecule has 4 heterocycles. The van der Waals surface area contributed by atoms with Crippen molar-refractivity contribution in [1.29, 1.82) is 0 Å². The number of amides is 1. The maximum Gasteiger partial charge on any atom is 0.255 e. The molecule has 1 atom stereocenters. The lowest BCUT2D eigenvalue weighted by Gasteiger charge is -2.29. The summed E-state index contributed by atoms with van der Waals surface area (Å²) in [4.78, 5) is 41.3. The van der Waals surface area contributed by atoms with E-state index in [2.05, 4.69) is 0 Å². The number of benzene rings is 1. The molecule has 2 aromatic heterocycles. The maximum absolute atomic E-state index is 13.8. The monoisotopic (exact) mass is 480 g/mol. The van der Waals surface area contributed by atoms with Gasteiger partial charge in [0.25, 0.3) is 5.56 Å². The van der Waals surface area contributed by atoms with Gasteiger partial charge in [-0.15, -0.1) is 0 Å². The average Bonchev–Trinajstić information content (AvgIpc) is 2.87. The Morgan fingerprint density at radius 2 is 1.97 bits per heavy atom. The number of aryl methyl sites for hydroxylation is 2. The van der Waals surface area contributed by atoms with E-state index in [4.69, 9.17) is 13.9 Å². The quantitative estimate of drug-likeness (QED) is 0.575. The van der Waals surface area contributed by atoms with E-state index in [1.165, 1.54) is 7.11 Å². The summed E-state index contributed by atoms with van der Waals surface area (Å²) in [6.07, 6.45) is 1.59. The average molecular weight is 481 g/mol. The minimum Gasteiger partial charge on any atom is -0.502 e. The Hall–Kier alpha value is -3.43. The van der Waals surface area contributed by atoms with Crippen LogP contribution in [0.5, 0.6) is 5.75 Å². The molecule has 184 valence electrons. The number of rotatable bonds is 6. The van der Waals surface area contributed by atoms with Gasteiger partial charge in [0.15, 0.2) is 5.76 Å². The number of carbonyl (C=O) groups is 1. The molecule has 1 saturated heterocycles. The van der Waals surface area contributed by atoms with E-state index in [9.17, 15) is 19.5 Å². The van der Waals surface area contributed by atoms with Crippen LogP contribution >= 0.6 is 0 Å². The highest BCUT2D eigenvalue weighted by Crippen LogP contribution is 2.34. The first-order chi connectivity index (χ1) is 17.0. The normalized spacial score (nSPS) is 16.4. The van der Waals surface area contributed by atoms with E-state index in [1.807, 2.05) is 18.2 Å². The van der Waals surface area contributed by atoms with Crippen LogP contribution in [0, 0.1) is 0 Å². The lowest BCUT2D eigenvalue weighted by Crippen LogP contribution is -2.41. The van der Waals surface area contributed by atoms with Gasteiger partial charge in [0.2, 0.25) is 17.1 Å². The van der Waals surface area contributed by atoms with Crippen LogP contribution in [0.15, 0.2) is 44.3 Å². The Morgan fingerprint density at radius 3 is 2.74 bits per heavy atom. The molecule has 2 aliphatic heterocycles. The highest BCUT2D eigenvalue weighted by atomic mass is 16.5. The second kappa shape index (κ2) is 9.67. The SMILES string of the molecule is COCc1cc(=O)c(O)c([C@H](CC(=O)N2CCOCC2)c2cc3cccc4c3n(c2=O)CCC4)o1. The number of hydrogen-bond acceptors (Lipinski definition) is 7. The smallest absolute Gasteiger partial charge is 0.255 e. The van der Waals surface area contributed by atoms with E-state index in [1.54, 1.807) is 15.5 Å². The van der Waals surface area contributed by atoms with E-state index < -0.39 is 17.1 Å². The van der Waals surface area contributed by atoms with Crippen molar-refractivity contribution in [3.8, 4) is 5.75 Å². The molecule has 35 heavy (non-hydrogen) atoms. The van der Waals surface area contributed by atoms with E-state index in [0.717, 1.165) is 35.4 Å². The van der Waals surface area contributed by atoms with Crippen LogP contribution < -0.4 is 11.0 Å². The van der Waals surface area contributed by atoms with Crippen molar-refractivity contribution in [3.63, 3.8) is 0 Å². The third-order valence-electron chi connectivity index (χ3n) is 6.77. The molecule has 9 nitrogen and oxygen atoms in total. The van der Waals surface area contributed by atoms with Crippen molar-refractivity contribution < 1.29 is 23.8 Å². The predicted octanol–water partition coefficient (Wildman–Crippen LogP) is 2.13. The van der Waals surface area contributed by atoms with Gasteiger partial charge < -0.3 is 28.5 Å². The summed E-state index contributed by atoms with van der Waals surface area (Å²) in [6.45, 7) is 2.33. The van der Waals surface area contributed by atoms with Crippen molar-refractivity contribution in [2.75, 3.05) is 33.4 Å². The van der Waals surface area contributed by atoms with Crippen molar-refractivity contribution in [2.24, 2.45) is 0 Å². The third-order valence-corrected chi connectivity index (χ3v) is 6.77. The minimum atomic E-state index is -0.943. The van der Waals surface area contributed by atoms with Crippen molar-refractivity contribution in [1.82, 2.24) is 9.47 Å². The molecular formula is C26H28N2O7.